The molecule has 0 spiro atoms. The highest BCUT2D eigenvalue weighted by molar-refractivity contribution is 5.79. The Morgan fingerprint density at radius 2 is 2.14 bits per heavy atom. The molecule has 2 fully saturated rings. The molecule has 0 bridgehead atoms. The van der Waals surface area contributed by atoms with Crippen molar-refractivity contribution in [2.75, 3.05) is 13.2 Å². The minimum atomic E-state index is -0.847. The largest absolute Gasteiger partial charge is 0.481 e. The third kappa shape index (κ3) is 3.48. The van der Waals surface area contributed by atoms with Crippen molar-refractivity contribution in [3.63, 3.8) is 0 Å². The molecule has 0 radical (unpaired) electrons. The number of rotatable bonds is 5. The molecule has 0 aromatic carbocycles. The molecule has 1 aliphatic carbocycles. The van der Waals surface area contributed by atoms with Gasteiger partial charge in [-0.05, 0) is 32.6 Å². The number of carboxylic acids is 1. The second-order valence-corrected chi connectivity index (χ2v) is 6.39. The fourth-order valence-corrected chi connectivity index (χ4v) is 3.46. The summed E-state index contributed by atoms with van der Waals surface area (Å²) < 4.78 is 5.60. The van der Waals surface area contributed by atoms with Crippen LogP contribution in [0, 0.1) is 11.3 Å². The number of nitrogens with one attached hydrogen (secondary N) is 2. The summed E-state index contributed by atoms with van der Waals surface area (Å²) in [5.74, 6) is -0.476. The van der Waals surface area contributed by atoms with Crippen LogP contribution in [0.4, 0.5) is 4.79 Å². The lowest BCUT2D eigenvalue weighted by molar-refractivity contribution is -0.148. The molecule has 1 saturated heterocycles. The molecule has 0 aromatic rings. The van der Waals surface area contributed by atoms with E-state index in [9.17, 15) is 14.7 Å². The lowest BCUT2D eigenvalue weighted by Crippen LogP contribution is -2.51. The number of carbonyl (C=O) groups excluding carboxylic acids is 1. The Morgan fingerprint density at radius 1 is 1.38 bits per heavy atom. The van der Waals surface area contributed by atoms with Crippen molar-refractivity contribution in [1.82, 2.24) is 10.6 Å². The molecule has 2 aliphatic rings. The first-order valence-electron chi connectivity index (χ1n) is 7.86. The Labute approximate surface area is 125 Å². The molecule has 1 heterocycles. The monoisotopic (exact) mass is 298 g/mol. The topological polar surface area (TPSA) is 87.7 Å². The van der Waals surface area contributed by atoms with Crippen molar-refractivity contribution >= 4 is 12.0 Å². The molecule has 6 nitrogen and oxygen atoms in total. The SMILES string of the molecule is CCC1OCCC1CNC(=O)NC1CCCC1(C)C(=O)O. The fraction of sp³-hybridized carbons (Fsp3) is 0.867. The van der Waals surface area contributed by atoms with Gasteiger partial charge in [0.25, 0.3) is 0 Å². The van der Waals surface area contributed by atoms with E-state index < -0.39 is 11.4 Å². The van der Waals surface area contributed by atoms with Crippen molar-refractivity contribution in [2.45, 2.75) is 58.1 Å². The zero-order valence-corrected chi connectivity index (χ0v) is 12.9. The third-order valence-corrected chi connectivity index (χ3v) is 5.03. The van der Waals surface area contributed by atoms with E-state index in [0.717, 1.165) is 32.3 Å². The Balaban J connectivity index is 1.80. The molecule has 4 atom stereocenters. The molecular weight excluding hydrogens is 272 g/mol. The van der Waals surface area contributed by atoms with Crippen LogP contribution in [0.15, 0.2) is 0 Å². The molecule has 2 amide bonds. The highest BCUT2D eigenvalue weighted by Gasteiger charge is 2.46. The van der Waals surface area contributed by atoms with Crippen LogP contribution < -0.4 is 10.6 Å². The molecule has 6 heteroatoms. The van der Waals surface area contributed by atoms with E-state index >= 15 is 0 Å². The molecule has 0 aromatic heterocycles. The summed E-state index contributed by atoms with van der Waals surface area (Å²) in [5, 5.41) is 15.0. The van der Waals surface area contributed by atoms with Crippen molar-refractivity contribution in [3.05, 3.63) is 0 Å². The van der Waals surface area contributed by atoms with Gasteiger partial charge in [-0.15, -0.1) is 0 Å². The van der Waals surface area contributed by atoms with Gasteiger partial charge in [0.05, 0.1) is 11.5 Å². The standard InChI is InChI=1S/C15H26N2O4/c1-3-11-10(6-8-21-11)9-16-14(20)17-12-5-4-7-15(12,2)13(18)19/h10-12H,3-9H2,1-2H3,(H,18,19)(H2,16,17,20). The van der Waals surface area contributed by atoms with Crippen LogP contribution in [-0.2, 0) is 9.53 Å². The summed E-state index contributed by atoms with van der Waals surface area (Å²) in [4.78, 5) is 23.4. The number of hydrogen-bond acceptors (Lipinski definition) is 3. The fourth-order valence-electron chi connectivity index (χ4n) is 3.46. The molecule has 120 valence electrons. The van der Waals surface area contributed by atoms with Crippen LogP contribution >= 0.6 is 0 Å². The van der Waals surface area contributed by atoms with E-state index in [0.29, 0.717) is 18.9 Å². The predicted octanol–water partition coefficient (Wildman–Crippen LogP) is 1.74. The van der Waals surface area contributed by atoms with Crippen LogP contribution in [0.25, 0.3) is 0 Å². The molecule has 21 heavy (non-hydrogen) atoms. The number of carbonyl (C=O) groups is 2. The van der Waals surface area contributed by atoms with Gasteiger partial charge in [0.2, 0.25) is 0 Å². The van der Waals surface area contributed by atoms with Gasteiger partial charge < -0.3 is 20.5 Å². The first-order valence-corrected chi connectivity index (χ1v) is 7.86. The van der Waals surface area contributed by atoms with E-state index in [2.05, 4.69) is 17.6 Å². The Hall–Kier alpha value is -1.30. The highest BCUT2D eigenvalue weighted by atomic mass is 16.5. The first kappa shape index (κ1) is 16.1. The number of carboxylic acid groups (broad SMARTS) is 1. The van der Waals surface area contributed by atoms with Gasteiger partial charge in [-0.1, -0.05) is 13.3 Å². The minimum Gasteiger partial charge on any atom is -0.481 e. The molecular formula is C15H26N2O4. The number of ether oxygens (including phenoxy) is 1. The zero-order valence-electron chi connectivity index (χ0n) is 12.9. The summed E-state index contributed by atoms with van der Waals surface area (Å²) in [6, 6.07) is -0.562. The van der Waals surface area contributed by atoms with Gasteiger partial charge in [-0.2, -0.15) is 0 Å². The molecule has 1 saturated carbocycles. The minimum absolute atomic E-state index is 0.223. The van der Waals surface area contributed by atoms with E-state index in [1.165, 1.54) is 0 Å². The van der Waals surface area contributed by atoms with Gasteiger partial charge in [0.15, 0.2) is 0 Å². The van der Waals surface area contributed by atoms with E-state index in [1.54, 1.807) is 6.92 Å². The molecule has 1 aliphatic heterocycles. The highest BCUT2D eigenvalue weighted by Crippen LogP contribution is 2.38. The number of urea groups is 1. The van der Waals surface area contributed by atoms with Gasteiger partial charge in [0, 0.05) is 25.1 Å². The maximum atomic E-state index is 12.0. The maximum absolute atomic E-state index is 12.0. The van der Waals surface area contributed by atoms with Gasteiger partial charge >= 0.3 is 12.0 Å². The van der Waals surface area contributed by atoms with Crippen molar-refractivity contribution in [1.29, 1.82) is 0 Å². The second-order valence-electron chi connectivity index (χ2n) is 6.39. The van der Waals surface area contributed by atoms with Crippen LogP contribution in [0.1, 0.15) is 46.0 Å². The first-order chi connectivity index (χ1) is 9.97. The van der Waals surface area contributed by atoms with Crippen molar-refractivity contribution in [3.8, 4) is 0 Å². The van der Waals surface area contributed by atoms with E-state index in [4.69, 9.17) is 4.74 Å². The lowest BCUT2D eigenvalue weighted by atomic mass is 9.85. The zero-order chi connectivity index (χ0) is 15.5. The number of hydrogen-bond donors (Lipinski definition) is 3. The van der Waals surface area contributed by atoms with Gasteiger partial charge in [0.1, 0.15) is 0 Å². The average molecular weight is 298 g/mol. The Bertz CT molecular complexity index is 401. The van der Waals surface area contributed by atoms with E-state index in [1.807, 2.05) is 0 Å². The quantitative estimate of drug-likeness (QED) is 0.721. The van der Waals surface area contributed by atoms with Crippen LogP contribution in [-0.4, -0.2) is 42.4 Å². The Kier molecular flexibility index (Phi) is 5.08. The molecule has 4 unspecified atom stereocenters. The van der Waals surface area contributed by atoms with Crippen LogP contribution in [0.2, 0.25) is 0 Å². The molecule has 2 rings (SSSR count). The summed E-state index contributed by atoms with van der Waals surface area (Å²) in [7, 11) is 0. The smallest absolute Gasteiger partial charge is 0.315 e. The molecule has 3 N–H and O–H groups in total. The summed E-state index contributed by atoms with van der Waals surface area (Å²) >= 11 is 0. The second kappa shape index (κ2) is 6.64. The number of amides is 2. The third-order valence-electron chi connectivity index (χ3n) is 5.03. The van der Waals surface area contributed by atoms with E-state index in [-0.39, 0.29) is 18.2 Å². The summed E-state index contributed by atoms with van der Waals surface area (Å²) in [6.45, 7) is 5.14. The lowest BCUT2D eigenvalue weighted by Gasteiger charge is -2.28. The average Bonchev–Trinajstić information content (AvgIpc) is 3.04. The normalized spacial score (nSPS) is 35.6. The van der Waals surface area contributed by atoms with Gasteiger partial charge in [-0.3, -0.25) is 4.79 Å². The van der Waals surface area contributed by atoms with Gasteiger partial charge in [-0.25, -0.2) is 4.79 Å². The maximum Gasteiger partial charge on any atom is 0.315 e. The summed E-state index contributed by atoms with van der Waals surface area (Å²) in [6.07, 6.45) is 4.31. The predicted molar refractivity (Wildman–Crippen MR) is 78.1 cm³/mol. The Morgan fingerprint density at radius 3 is 2.81 bits per heavy atom. The van der Waals surface area contributed by atoms with Crippen molar-refractivity contribution < 1.29 is 19.4 Å². The van der Waals surface area contributed by atoms with Crippen LogP contribution in [0.3, 0.4) is 0 Å². The number of aliphatic carboxylic acids is 1. The van der Waals surface area contributed by atoms with Crippen molar-refractivity contribution in [2.24, 2.45) is 11.3 Å². The summed E-state index contributed by atoms with van der Waals surface area (Å²) in [5.41, 5.74) is -0.847. The van der Waals surface area contributed by atoms with Crippen LogP contribution in [0.5, 0.6) is 0 Å².